The van der Waals surface area contributed by atoms with Crippen molar-refractivity contribution < 1.29 is 37.1 Å². The van der Waals surface area contributed by atoms with Crippen molar-refractivity contribution in [3.05, 3.63) is 99.7 Å². The molecule has 0 fully saturated rings. The van der Waals surface area contributed by atoms with Gasteiger partial charge in [-0.25, -0.2) is 0 Å². The predicted molar refractivity (Wildman–Crippen MR) is 148 cm³/mol. The first-order valence-electron chi connectivity index (χ1n) is 13.5. The lowest BCUT2D eigenvalue weighted by atomic mass is 10.2. The number of nitrogens with zero attached hydrogens (tertiary/aromatic N) is 5. The van der Waals surface area contributed by atoms with Crippen molar-refractivity contribution in [1.82, 2.24) is 29.9 Å². The first-order valence-corrected chi connectivity index (χ1v) is 13.5. The maximum Gasteiger partial charge on any atom is 0.573 e. The molecule has 0 bridgehead atoms. The lowest BCUT2D eigenvalue weighted by molar-refractivity contribution is -0.274. The molecule has 0 saturated carbocycles. The topological polar surface area (TPSA) is 130 Å². The molecule has 0 unspecified atom stereocenters. The largest absolute Gasteiger partial charge is 0.573 e. The Labute approximate surface area is 248 Å². The zero-order chi connectivity index (χ0) is 31.3. The average Bonchev–Trinajstić information content (AvgIpc) is 3.65. The summed E-state index contributed by atoms with van der Waals surface area (Å²) in [6.07, 6.45) is -0.566. The number of nitrogens with one attached hydrogen (secondary N) is 1. The number of halogens is 3. The van der Waals surface area contributed by atoms with Gasteiger partial charge in [-0.3, -0.25) is 19.1 Å². The van der Waals surface area contributed by atoms with Gasteiger partial charge in [0.15, 0.2) is 11.4 Å². The van der Waals surface area contributed by atoms with E-state index in [1.165, 1.54) is 51.9 Å². The first kappa shape index (κ1) is 30.1. The summed E-state index contributed by atoms with van der Waals surface area (Å²) in [5, 5.41) is 11.6. The van der Waals surface area contributed by atoms with Gasteiger partial charge >= 0.3 is 6.36 Å². The summed E-state index contributed by atoms with van der Waals surface area (Å²) >= 11 is 0. The number of alkyl halides is 3. The van der Waals surface area contributed by atoms with E-state index in [0.29, 0.717) is 43.0 Å². The van der Waals surface area contributed by atoms with E-state index in [1.807, 2.05) is 6.07 Å². The smallest absolute Gasteiger partial charge is 0.497 e. The van der Waals surface area contributed by atoms with Crippen LogP contribution in [0.1, 0.15) is 44.8 Å². The van der Waals surface area contributed by atoms with Crippen LogP contribution in [0.15, 0.2) is 71.8 Å². The van der Waals surface area contributed by atoms with Crippen LogP contribution < -0.4 is 25.2 Å². The fraction of sp³-hybridized carbons (Fsp3) is 0.276. The van der Waals surface area contributed by atoms with Crippen LogP contribution in [-0.4, -0.2) is 49.9 Å². The lowest BCUT2D eigenvalue weighted by Gasteiger charge is -2.15. The maximum absolute atomic E-state index is 12.9. The van der Waals surface area contributed by atoms with Crippen LogP contribution in [0.3, 0.4) is 0 Å². The van der Waals surface area contributed by atoms with E-state index >= 15 is 0 Å². The number of hydroxylamine groups is 2. The summed E-state index contributed by atoms with van der Waals surface area (Å²) in [4.78, 5) is 43.6. The molecule has 1 aliphatic rings. The minimum Gasteiger partial charge on any atom is -0.497 e. The van der Waals surface area contributed by atoms with Gasteiger partial charge in [-0.1, -0.05) is 17.3 Å². The van der Waals surface area contributed by atoms with Crippen LogP contribution in [0.25, 0.3) is 0 Å². The van der Waals surface area contributed by atoms with Gasteiger partial charge in [0.25, 0.3) is 17.4 Å². The van der Waals surface area contributed by atoms with Gasteiger partial charge in [-0.05, 0) is 48.7 Å². The van der Waals surface area contributed by atoms with Gasteiger partial charge in [0.2, 0.25) is 0 Å². The molecule has 5 rings (SSSR count). The van der Waals surface area contributed by atoms with Crippen molar-refractivity contribution in [2.75, 3.05) is 7.11 Å². The highest BCUT2D eigenvalue weighted by Crippen LogP contribution is 2.32. The third kappa shape index (κ3) is 7.53. The second-order valence-electron chi connectivity index (χ2n) is 9.81. The summed E-state index contributed by atoms with van der Waals surface area (Å²) in [5.74, 6) is -0.222. The molecule has 2 aromatic carbocycles. The number of pyridine rings is 1. The molecule has 2 amide bonds. The van der Waals surface area contributed by atoms with Crippen LogP contribution in [0.5, 0.6) is 17.2 Å². The molecule has 1 aliphatic heterocycles. The fourth-order valence-corrected chi connectivity index (χ4v) is 4.46. The van der Waals surface area contributed by atoms with Gasteiger partial charge in [0, 0.05) is 49.1 Å². The molecular formula is C29H27F3N6O6. The number of carbonyl (C=O) groups excluding carboxylic acids is 2. The molecule has 230 valence electrons. The monoisotopic (exact) mass is 612 g/mol. The Balaban J connectivity index is 1.06. The number of rotatable bonds is 11. The number of fused-ring (bicyclic) bond motifs is 1. The van der Waals surface area contributed by atoms with Gasteiger partial charge in [-0.15, -0.1) is 18.3 Å². The number of aryl methyl sites for hydroxylation is 2. The zero-order valence-electron chi connectivity index (χ0n) is 23.4. The number of amides is 2. The quantitative estimate of drug-likeness (QED) is 0.254. The van der Waals surface area contributed by atoms with Crippen molar-refractivity contribution in [2.24, 2.45) is 0 Å². The van der Waals surface area contributed by atoms with Crippen molar-refractivity contribution in [1.29, 1.82) is 0 Å². The van der Waals surface area contributed by atoms with Crippen molar-refractivity contribution in [3.8, 4) is 17.2 Å². The number of methoxy groups -OCH3 is 1. The molecule has 12 nitrogen and oxygen atoms in total. The van der Waals surface area contributed by atoms with Gasteiger partial charge in [0.1, 0.15) is 11.5 Å². The molecule has 3 heterocycles. The second-order valence-corrected chi connectivity index (χ2v) is 9.81. The zero-order valence-corrected chi connectivity index (χ0v) is 23.4. The van der Waals surface area contributed by atoms with Gasteiger partial charge < -0.3 is 24.2 Å². The Hall–Kier alpha value is -5.34. The third-order valence-corrected chi connectivity index (χ3v) is 6.66. The number of aromatic nitrogens is 4. The van der Waals surface area contributed by atoms with E-state index in [9.17, 15) is 27.6 Å². The van der Waals surface area contributed by atoms with E-state index in [4.69, 9.17) is 9.57 Å². The highest BCUT2D eigenvalue weighted by Gasteiger charge is 2.31. The predicted octanol–water partition coefficient (Wildman–Crippen LogP) is 3.71. The highest BCUT2D eigenvalue weighted by molar-refractivity contribution is 5.93. The van der Waals surface area contributed by atoms with Crippen LogP contribution in [-0.2, 0) is 26.2 Å². The van der Waals surface area contributed by atoms with Crippen molar-refractivity contribution in [2.45, 2.75) is 45.4 Å². The number of hydrogen-bond acceptors (Lipinski definition) is 8. The SMILES string of the molecule is COc1ccc2c(c1)ON(C(=O)c1ccn(CCCCn3cc(C(=O)NCc4cccc(OC(F)(F)F)c4)nn3)c(=O)c1)C2. The maximum atomic E-state index is 12.9. The fourth-order valence-electron chi connectivity index (χ4n) is 4.46. The molecule has 0 spiro atoms. The second kappa shape index (κ2) is 12.9. The van der Waals surface area contributed by atoms with E-state index in [0.717, 1.165) is 5.56 Å². The molecule has 15 heteroatoms. The molecule has 0 aliphatic carbocycles. The molecule has 4 aromatic rings. The number of ether oxygens (including phenoxy) is 2. The van der Waals surface area contributed by atoms with E-state index in [-0.39, 0.29) is 35.7 Å². The number of benzene rings is 2. The van der Waals surface area contributed by atoms with Crippen molar-refractivity contribution >= 4 is 11.8 Å². The standard InChI is InChI=1S/C29H27F3N6O6/c1-42-22-8-7-21-17-38(44-25(21)15-22)28(41)20-9-12-36(26(39)14-20)10-2-3-11-37-18-24(34-35-37)27(40)33-16-19-5-4-6-23(13-19)43-29(30,31)32/h4-9,12-15,18H,2-3,10-11,16-17H2,1H3,(H,33,40). The summed E-state index contributed by atoms with van der Waals surface area (Å²) in [7, 11) is 1.54. The Bertz CT molecular complexity index is 1720. The van der Waals surface area contributed by atoms with E-state index in [1.54, 1.807) is 30.5 Å². The normalized spacial score (nSPS) is 12.4. The number of unbranched alkanes of at least 4 members (excludes halogenated alkanes) is 1. The Morgan fingerprint density at radius 2 is 1.86 bits per heavy atom. The van der Waals surface area contributed by atoms with Crippen LogP contribution >= 0.6 is 0 Å². The van der Waals surface area contributed by atoms with Crippen LogP contribution in [0.4, 0.5) is 13.2 Å². The highest BCUT2D eigenvalue weighted by atomic mass is 19.4. The first-order chi connectivity index (χ1) is 21.1. The Kier molecular flexibility index (Phi) is 8.83. The van der Waals surface area contributed by atoms with Gasteiger partial charge in [-0.2, -0.15) is 5.06 Å². The Morgan fingerprint density at radius 3 is 2.64 bits per heavy atom. The molecule has 0 atom stereocenters. The van der Waals surface area contributed by atoms with Gasteiger partial charge in [0.05, 0.1) is 19.9 Å². The minimum atomic E-state index is -4.81. The average molecular weight is 613 g/mol. The van der Waals surface area contributed by atoms with Crippen LogP contribution in [0, 0.1) is 0 Å². The lowest BCUT2D eigenvalue weighted by Crippen LogP contribution is -2.31. The van der Waals surface area contributed by atoms with E-state index in [2.05, 4.69) is 20.4 Å². The molecule has 0 saturated heterocycles. The molecule has 1 N–H and O–H groups in total. The van der Waals surface area contributed by atoms with Crippen LogP contribution in [0.2, 0.25) is 0 Å². The molecular weight excluding hydrogens is 585 g/mol. The third-order valence-electron chi connectivity index (χ3n) is 6.66. The van der Waals surface area contributed by atoms with Crippen molar-refractivity contribution in [3.63, 3.8) is 0 Å². The minimum absolute atomic E-state index is 0.0339. The van der Waals surface area contributed by atoms with E-state index < -0.39 is 18.2 Å². The Morgan fingerprint density at radius 1 is 1.05 bits per heavy atom. The molecule has 2 aromatic heterocycles. The molecule has 44 heavy (non-hydrogen) atoms. The molecule has 0 radical (unpaired) electrons. The summed E-state index contributed by atoms with van der Waals surface area (Å²) in [6, 6.07) is 13.4. The summed E-state index contributed by atoms with van der Waals surface area (Å²) < 4.78 is 49.3. The number of carbonyl (C=O) groups is 2. The summed E-state index contributed by atoms with van der Waals surface area (Å²) in [6.45, 7) is 1.05. The number of hydrogen-bond donors (Lipinski definition) is 1. The summed E-state index contributed by atoms with van der Waals surface area (Å²) in [5.41, 5.74) is 1.17.